The van der Waals surface area contributed by atoms with Crippen LogP contribution in [0.4, 0.5) is 5.82 Å². The smallest absolute Gasteiger partial charge is 0.269 e. The van der Waals surface area contributed by atoms with E-state index in [9.17, 15) is 4.79 Å². The van der Waals surface area contributed by atoms with Crippen LogP contribution >= 0.6 is 0 Å². The fourth-order valence-corrected chi connectivity index (χ4v) is 2.38. The predicted octanol–water partition coefficient (Wildman–Crippen LogP) is 0.889. The number of carbonyl (C=O) groups excluding carboxylic acids is 1. The second-order valence-corrected chi connectivity index (χ2v) is 4.55. The third-order valence-corrected chi connectivity index (χ3v) is 3.23. The van der Waals surface area contributed by atoms with Crippen LogP contribution in [0.2, 0.25) is 0 Å². The van der Waals surface area contributed by atoms with E-state index in [4.69, 9.17) is 5.73 Å². The van der Waals surface area contributed by atoms with Gasteiger partial charge in [0.2, 0.25) is 0 Å². The third-order valence-electron chi connectivity index (χ3n) is 3.23. The second kappa shape index (κ2) is 4.18. The number of hydrogen-bond acceptors (Lipinski definition) is 3. The molecule has 4 N–H and O–H groups in total. The molecule has 0 saturated carbocycles. The number of carbonyl (C=O) groups is 1. The van der Waals surface area contributed by atoms with Crippen molar-refractivity contribution < 1.29 is 4.79 Å². The van der Waals surface area contributed by atoms with Crippen molar-refractivity contribution in [2.24, 2.45) is 0 Å². The lowest BCUT2D eigenvalue weighted by Gasteiger charge is -2.10. The first-order valence-electron chi connectivity index (χ1n) is 5.91. The monoisotopic (exact) mass is 242 g/mol. The Bertz CT molecular complexity index is 565. The summed E-state index contributed by atoms with van der Waals surface area (Å²) < 4.78 is 0. The van der Waals surface area contributed by atoms with Gasteiger partial charge in [-0.2, -0.15) is 5.10 Å². The van der Waals surface area contributed by atoms with Crippen LogP contribution in [-0.2, 0) is 12.8 Å². The third kappa shape index (κ3) is 1.95. The zero-order valence-electron chi connectivity index (χ0n) is 9.81. The van der Waals surface area contributed by atoms with Crippen molar-refractivity contribution in [2.45, 2.75) is 18.9 Å². The molecule has 1 aromatic heterocycles. The van der Waals surface area contributed by atoms with Crippen LogP contribution in [0.1, 0.15) is 21.6 Å². The fraction of sp³-hybridized carbons (Fsp3) is 0.231. The molecule has 0 fully saturated rings. The average molecular weight is 242 g/mol. The Labute approximate surface area is 104 Å². The first-order chi connectivity index (χ1) is 8.72. The lowest BCUT2D eigenvalue weighted by atomic mass is 10.1. The first-order valence-corrected chi connectivity index (χ1v) is 5.91. The molecule has 1 aliphatic carbocycles. The number of nitrogens with one attached hydrogen (secondary N) is 2. The number of H-pyrrole nitrogens is 1. The summed E-state index contributed by atoms with van der Waals surface area (Å²) in [5, 5.41) is 9.35. The molecule has 0 bridgehead atoms. The minimum Gasteiger partial charge on any atom is -0.382 e. The Hall–Kier alpha value is -2.30. The molecule has 1 heterocycles. The van der Waals surface area contributed by atoms with Crippen LogP contribution in [-0.4, -0.2) is 22.1 Å². The number of nitrogen functional groups attached to an aromatic ring is 1. The molecule has 3 rings (SSSR count). The number of anilines is 1. The zero-order valence-corrected chi connectivity index (χ0v) is 9.81. The molecule has 0 spiro atoms. The van der Waals surface area contributed by atoms with E-state index in [1.807, 2.05) is 12.1 Å². The Kier molecular flexibility index (Phi) is 2.51. The van der Waals surface area contributed by atoms with Crippen LogP contribution in [0.15, 0.2) is 30.3 Å². The minimum absolute atomic E-state index is 0.152. The Morgan fingerprint density at radius 3 is 2.56 bits per heavy atom. The molecule has 0 aliphatic heterocycles. The van der Waals surface area contributed by atoms with Crippen molar-refractivity contribution >= 4 is 11.7 Å². The van der Waals surface area contributed by atoms with Crippen LogP contribution in [0.5, 0.6) is 0 Å². The number of fused-ring (bicyclic) bond motifs is 1. The highest BCUT2D eigenvalue weighted by atomic mass is 16.2. The lowest BCUT2D eigenvalue weighted by molar-refractivity contribution is 0.0933. The summed E-state index contributed by atoms with van der Waals surface area (Å²) in [5.74, 6) is 0.173. The van der Waals surface area contributed by atoms with Gasteiger partial charge in [0.05, 0.1) is 0 Å². The normalized spacial score (nSPS) is 14.4. The Morgan fingerprint density at radius 2 is 2.00 bits per heavy atom. The summed E-state index contributed by atoms with van der Waals surface area (Å²) in [6.45, 7) is 0. The van der Waals surface area contributed by atoms with Crippen molar-refractivity contribution in [3.63, 3.8) is 0 Å². The van der Waals surface area contributed by atoms with Crippen LogP contribution in [0, 0.1) is 0 Å². The van der Waals surface area contributed by atoms with Gasteiger partial charge in [-0.25, -0.2) is 0 Å². The van der Waals surface area contributed by atoms with Gasteiger partial charge in [-0.15, -0.1) is 0 Å². The van der Waals surface area contributed by atoms with E-state index in [1.54, 1.807) is 0 Å². The molecular formula is C13H14N4O. The largest absolute Gasteiger partial charge is 0.382 e. The molecule has 1 aromatic carbocycles. The summed E-state index contributed by atoms with van der Waals surface area (Å²) in [7, 11) is 0. The van der Waals surface area contributed by atoms with Crippen molar-refractivity contribution in [1.82, 2.24) is 15.5 Å². The Morgan fingerprint density at radius 1 is 1.33 bits per heavy atom. The minimum atomic E-state index is -0.156. The molecule has 92 valence electrons. The van der Waals surface area contributed by atoms with Gasteiger partial charge in [-0.05, 0) is 24.0 Å². The molecule has 0 radical (unpaired) electrons. The number of nitrogens with zero attached hydrogens (tertiary/aromatic N) is 1. The van der Waals surface area contributed by atoms with Gasteiger partial charge in [0, 0.05) is 12.1 Å². The van der Waals surface area contributed by atoms with E-state index >= 15 is 0 Å². The van der Waals surface area contributed by atoms with E-state index < -0.39 is 0 Å². The molecule has 0 saturated heterocycles. The number of amides is 1. The van der Waals surface area contributed by atoms with Gasteiger partial charge in [0.25, 0.3) is 5.91 Å². The fourth-order valence-electron chi connectivity index (χ4n) is 2.38. The van der Waals surface area contributed by atoms with E-state index in [-0.39, 0.29) is 11.9 Å². The highest BCUT2D eigenvalue weighted by Crippen LogP contribution is 2.21. The van der Waals surface area contributed by atoms with Gasteiger partial charge in [0.15, 0.2) is 0 Å². The molecule has 2 aromatic rings. The number of hydrogen-bond donors (Lipinski definition) is 3. The average Bonchev–Trinajstić information content (AvgIpc) is 2.94. The number of rotatable bonds is 2. The van der Waals surface area contributed by atoms with E-state index in [0.29, 0.717) is 11.5 Å². The van der Waals surface area contributed by atoms with Gasteiger partial charge in [-0.3, -0.25) is 9.89 Å². The van der Waals surface area contributed by atoms with E-state index in [1.165, 1.54) is 17.2 Å². The summed E-state index contributed by atoms with van der Waals surface area (Å²) >= 11 is 0. The van der Waals surface area contributed by atoms with Crippen molar-refractivity contribution in [3.8, 4) is 0 Å². The molecule has 18 heavy (non-hydrogen) atoms. The van der Waals surface area contributed by atoms with Crippen LogP contribution in [0.3, 0.4) is 0 Å². The van der Waals surface area contributed by atoms with E-state index in [2.05, 4.69) is 27.6 Å². The number of aromatic nitrogens is 2. The standard InChI is InChI=1S/C13H14N4O/c14-12-7-11(16-17-12)13(18)15-10-5-8-3-1-2-4-9(8)6-10/h1-4,7,10H,5-6H2,(H,15,18)(H3,14,16,17). The molecule has 0 unspecified atom stereocenters. The molecular weight excluding hydrogens is 228 g/mol. The van der Waals surface area contributed by atoms with Crippen molar-refractivity contribution in [2.75, 3.05) is 5.73 Å². The summed E-state index contributed by atoms with van der Waals surface area (Å²) in [5.41, 5.74) is 8.50. The van der Waals surface area contributed by atoms with Crippen molar-refractivity contribution in [1.29, 1.82) is 0 Å². The van der Waals surface area contributed by atoms with E-state index in [0.717, 1.165) is 12.8 Å². The lowest BCUT2D eigenvalue weighted by Crippen LogP contribution is -2.35. The highest BCUT2D eigenvalue weighted by molar-refractivity contribution is 5.93. The van der Waals surface area contributed by atoms with Gasteiger partial charge < -0.3 is 11.1 Å². The number of nitrogens with two attached hydrogens (primary N) is 1. The van der Waals surface area contributed by atoms with Gasteiger partial charge in [-0.1, -0.05) is 24.3 Å². The topological polar surface area (TPSA) is 83.8 Å². The SMILES string of the molecule is Nc1cc(C(=O)NC2Cc3ccccc3C2)[nH]n1. The quantitative estimate of drug-likeness (QED) is 0.731. The summed E-state index contributed by atoms with van der Waals surface area (Å²) in [6.07, 6.45) is 1.76. The maximum absolute atomic E-state index is 11.9. The molecule has 1 amide bonds. The second-order valence-electron chi connectivity index (χ2n) is 4.55. The van der Waals surface area contributed by atoms with Crippen LogP contribution < -0.4 is 11.1 Å². The number of benzene rings is 1. The Balaban J connectivity index is 1.68. The van der Waals surface area contributed by atoms with Gasteiger partial charge >= 0.3 is 0 Å². The highest BCUT2D eigenvalue weighted by Gasteiger charge is 2.23. The molecule has 5 nitrogen and oxygen atoms in total. The zero-order chi connectivity index (χ0) is 12.5. The first kappa shape index (κ1) is 10.8. The van der Waals surface area contributed by atoms with Gasteiger partial charge in [0.1, 0.15) is 11.5 Å². The maximum atomic E-state index is 11.9. The maximum Gasteiger partial charge on any atom is 0.269 e. The molecule has 5 heteroatoms. The summed E-state index contributed by atoms with van der Waals surface area (Å²) in [6, 6.07) is 9.96. The van der Waals surface area contributed by atoms with Crippen molar-refractivity contribution in [3.05, 3.63) is 47.2 Å². The summed E-state index contributed by atoms with van der Waals surface area (Å²) in [4.78, 5) is 11.9. The number of aromatic amines is 1. The van der Waals surface area contributed by atoms with Crippen LogP contribution in [0.25, 0.3) is 0 Å². The molecule has 0 atom stereocenters. The predicted molar refractivity (Wildman–Crippen MR) is 68.1 cm³/mol. The molecule has 1 aliphatic rings.